The molecule has 0 bridgehead atoms. The second-order valence-corrected chi connectivity index (χ2v) is 8.75. The zero-order valence-corrected chi connectivity index (χ0v) is 16.3. The number of carbonyl (C=O) groups excluding carboxylic acids is 1. The van der Waals surface area contributed by atoms with Crippen LogP contribution in [0.25, 0.3) is 0 Å². The molecule has 2 aromatic carbocycles. The van der Waals surface area contributed by atoms with Crippen molar-refractivity contribution >= 4 is 17.2 Å². The average molecular weight is 374 g/mol. The predicted molar refractivity (Wildman–Crippen MR) is 110 cm³/mol. The SMILES string of the molecule is Cc1ccc([C@H]2c3ccsc3CCN2C(=O)[C@H]2C[C@H]2c2ccccc2)cc1. The fourth-order valence-corrected chi connectivity index (χ4v) is 5.32. The molecule has 3 atom stereocenters. The van der Waals surface area contributed by atoms with Crippen LogP contribution in [0.15, 0.2) is 66.0 Å². The first-order chi connectivity index (χ1) is 13.2. The molecule has 0 radical (unpaired) electrons. The average Bonchev–Trinajstić information content (AvgIpc) is 3.37. The Bertz CT molecular complexity index is 960. The van der Waals surface area contributed by atoms with Gasteiger partial charge in [-0.15, -0.1) is 11.3 Å². The molecule has 0 unspecified atom stereocenters. The molecule has 3 aromatic rings. The van der Waals surface area contributed by atoms with Crippen molar-refractivity contribution in [2.75, 3.05) is 6.54 Å². The Hall–Kier alpha value is -2.39. The van der Waals surface area contributed by atoms with E-state index in [0.29, 0.717) is 11.8 Å². The maximum Gasteiger partial charge on any atom is 0.227 e. The summed E-state index contributed by atoms with van der Waals surface area (Å²) in [6.45, 7) is 2.93. The smallest absolute Gasteiger partial charge is 0.227 e. The maximum absolute atomic E-state index is 13.5. The molecule has 27 heavy (non-hydrogen) atoms. The molecule has 1 aliphatic heterocycles. The van der Waals surface area contributed by atoms with Crippen molar-refractivity contribution in [3.63, 3.8) is 0 Å². The Morgan fingerprint density at radius 3 is 2.56 bits per heavy atom. The summed E-state index contributed by atoms with van der Waals surface area (Å²) < 4.78 is 0. The van der Waals surface area contributed by atoms with Crippen LogP contribution in [0.1, 0.15) is 45.5 Å². The van der Waals surface area contributed by atoms with E-state index in [1.807, 2.05) is 17.4 Å². The Morgan fingerprint density at radius 2 is 1.78 bits per heavy atom. The van der Waals surface area contributed by atoms with Crippen molar-refractivity contribution in [2.24, 2.45) is 5.92 Å². The molecule has 1 amide bonds. The third-order valence-corrected chi connectivity index (χ3v) is 6.97. The summed E-state index contributed by atoms with van der Waals surface area (Å²) in [6.07, 6.45) is 1.96. The van der Waals surface area contributed by atoms with Gasteiger partial charge in [-0.05, 0) is 53.8 Å². The Morgan fingerprint density at radius 1 is 1.00 bits per heavy atom. The molecule has 0 spiro atoms. The van der Waals surface area contributed by atoms with E-state index in [2.05, 4.69) is 71.8 Å². The van der Waals surface area contributed by atoms with Gasteiger partial charge in [0.05, 0.1) is 6.04 Å². The minimum absolute atomic E-state index is 0.0603. The largest absolute Gasteiger partial charge is 0.331 e. The summed E-state index contributed by atoms with van der Waals surface area (Å²) in [5.74, 6) is 0.855. The van der Waals surface area contributed by atoms with Gasteiger partial charge in [-0.3, -0.25) is 4.79 Å². The molecule has 136 valence electrons. The van der Waals surface area contributed by atoms with Crippen molar-refractivity contribution in [1.82, 2.24) is 4.90 Å². The highest BCUT2D eigenvalue weighted by molar-refractivity contribution is 7.10. The molecule has 0 N–H and O–H groups in total. The maximum atomic E-state index is 13.5. The Kier molecular flexibility index (Phi) is 4.13. The van der Waals surface area contributed by atoms with Crippen LogP contribution in [0.4, 0.5) is 0 Å². The van der Waals surface area contributed by atoms with Crippen molar-refractivity contribution in [3.8, 4) is 0 Å². The molecule has 2 aliphatic rings. The zero-order valence-electron chi connectivity index (χ0n) is 15.5. The van der Waals surface area contributed by atoms with Crippen molar-refractivity contribution < 1.29 is 4.79 Å². The number of thiophene rings is 1. The van der Waals surface area contributed by atoms with Crippen LogP contribution in [-0.2, 0) is 11.2 Å². The molecule has 0 saturated heterocycles. The van der Waals surface area contributed by atoms with Gasteiger partial charge in [-0.1, -0.05) is 60.2 Å². The van der Waals surface area contributed by atoms with Gasteiger partial charge >= 0.3 is 0 Å². The van der Waals surface area contributed by atoms with Gasteiger partial charge in [0.2, 0.25) is 5.91 Å². The zero-order chi connectivity index (χ0) is 18.4. The lowest BCUT2D eigenvalue weighted by Crippen LogP contribution is -2.41. The van der Waals surface area contributed by atoms with Gasteiger partial charge in [-0.25, -0.2) is 0 Å². The summed E-state index contributed by atoms with van der Waals surface area (Å²) in [6, 6.07) is 21.5. The molecule has 2 nitrogen and oxygen atoms in total. The summed E-state index contributed by atoms with van der Waals surface area (Å²) >= 11 is 1.82. The highest BCUT2D eigenvalue weighted by Crippen LogP contribution is 2.50. The number of rotatable bonds is 3. The molecule has 5 rings (SSSR count). The van der Waals surface area contributed by atoms with Gasteiger partial charge in [0, 0.05) is 17.3 Å². The summed E-state index contributed by atoms with van der Waals surface area (Å²) in [5, 5.41) is 2.17. The van der Waals surface area contributed by atoms with E-state index in [1.165, 1.54) is 27.1 Å². The third-order valence-electron chi connectivity index (χ3n) is 5.98. The van der Waals surface area contributed by atoms with E-state index in [-0.39, 0.29) is 12.0 Å². The molecule has 1 aliphatic carbocycles. The van der Waals surface area contributed by atoms with E-state index in [9.17, 15) is 4.79 Å². The highest BCUT2D eigenvalue weighted by Gasteiger charge is 2.47. The van der Waals surface area contributed by atoms with Crippen LogP contribution >= 0.6 is 11.3 Å². The lowest BCUT2D eigenvalue weighted by atomic mass is 9.92. The van der Waals surface area contributed by atoms with E-state index in [4.69, 9.17) is 0 Å². The van der Waals surface area contributed by atoms with E-state index >= 15 is 0 Å². The lowest BCUT2D eigenvalue weighted by Gasteiger charge is -2.36. The summed E-state index contributed by atoms with van der Waals surface area (Å²) in [4.78, 5) is 17.0. The van der Waals surface area contributed by atoms with Crippen LogP contribution in [-0.4, -0.2) is 17.4 Å². The third kappa shape index (κ3) is 3.00. The van der Waals surface area contributed by atoms with E-state index < -0.39 is 0 Å². The van der Waals surface area contributed by atoms with Crippen LogP contribution in [0.5, 0.6) is 0 Å². The number of hydrogen-bond acceptors (Lipinski definition) is 2. The number of amides is 1. The van der Waals surface area contributed by atoms with Crippen LogP contribution in [0, 0.1) is 12.8 Å². The number of hydrogen-bond donors (Lipinski definition) is 0. The highest BCUT2D eigenvalue weighted by atomic mass is 32.1. The summed E-state index contributed by atoms with van der Waals surface area (Å²) in [7, 11) is 0. The number of nitrogens with zero attached hydrogens (tertiary/aromatic N) is 1. The summed E-state index contributed by atoms with van der Waals surface area (Å²) in [5.41, 5.74) is 5.10. The topological polar surface area (TPSA) is 20.3 Å². The molecule has 1 fully saturated rings. The van der Waals surface area contributed by atoms with Gasteiger partial charge in [0.15, 0.2) is 0 Å². The van der Waals surface area contributed by atoms with Gasteiger partial charge in [0.25, 0.3) is 0 Å². The van der Waals surface area contributed by atoms with E-state index in [1.54, 1.807) is 0 Å². The fourth-order valence-electron chi connectivity index (χ4n) is 4.41. The standard InChI is InChI=1S/C24H23NOS/c1-16-7-9-18(10-8-16)23-19-12-14-27-22(19)11-13-25(23)24(26)21-15-20(21)17-5-3-2-4-6-17/h2-10,12,14,20-21,23H,11,13,15H2,1H3/t20-,21-,23-/m0/s1. The first-order valence-corrected chi connectivity index (χ1v) is 10.6. The van der Waals surface area contributed by atoms with Crippen molar-refractivity contribution in [1.29, 1.82) is 0 Å². The minimum atomic E-state index is 0.0603. The quantitative estimate of drug-likeness (QED) is 0.607. The minimum Gasteiger partial charge on any atom is -0.331 e. The van der Waals surface area contributed by atoms with Crippen LogP contribution < -0.4 is 0 Å². The van der Waals surface area contributed by atoms with E-state index in [0.717, 1.165) is 19.4 Å². The Labute approximate surface area is 164 Å². The van der Waals surface area contributed by atoms with Crippen molar-refractivity contribution in [3.05, 3.63) is 93.2 Å². The number of carbonyl (C=O) groups is 1. The molecule has 2 heterocycles. The second kappa shape index (κ2) is 6.65. The van der Waals surface area contributed by atoms with Crippen LogP contribution in [0.3, 0.4) is 0 Å². The van der Waals surface area contributed by atoms with Gasteiger partial charge in [-0.2, -0.15) is 0 Å². The molecular weight excluding hydrogens is 350 g/mol. The second-order valence-electron chi connectivity index (χ2n) is 7.75. The number of benzene rings is 2. The fraction of sp³-hybridized carbons (Fsp3) is 0.292. The monoisotopic (exact) mass is 373 g/mol. The van der Waals surface area contributed by atoms with Gasteiger partial charge in [0.1, 0.15) is 0 Å². The first kappa shape index (κ1) is 16.8. The van der Waals surface area contributed by atoms with Gasteiger partial charge < -0.3 is 4.90 Å². The first-order valence-electron chi connectivity index (χ1n) is 9.70. The Balaban J connectivity index is 1.46. The normalized spacial score (nSPS) is 23.7. The lowest BCUT2D eigenvalue weighted by molar-refractivity contribution is -0.134. The number of fused-ring (bicyclic) bond motifs is 1. The molecule has 1 aromatic heterocycles. The molecular formula is C24H23NOS. The molecule has 1 saturated carbocycles. The van der Waals surface area contributed by atoms with Crippen LogP contribution in [0.2, 0.25) is 0 Å². The van der Waals surface area contributed by atoms with Crippen molar-refractivity contribution in [2.45, 2.75) is 31.7 Å². The molecule has 3 heteroatoms. The number of aryl methyl sites for hydroxylation is 1. The predicted octanol–water partition coefficient (Wildman–Crippen LogP) is 5.33.